The molecule has 0 spiro atoms. The van der Waals surface area contributed by atoms with E-state index in [1.165, 1.54) is 0 Å². The normalized spacial score (nSPS) is 9.50. The summed E-state index contributed by atoms with van der Waals surface area (Å²) in [6, 6.07) is 15.4. The van der Waals surface area contributed by atoms with Gasteiger partial charge in [-0.2, -0.15) is 0 Å². The molecule has 0 fully saturated rings. The molecule has 0 heterocycles. The Morgan fingerprint density at radius 3 is 1.50 bits per heavy atom. The lowest BCUT2D eigenvalue weighted by molar-refractivity contribution is 0.360. The average Bonchev–Trinajstić information content (AvgIpc) is 2.46. The highest BCUT2D eigenvalue weighted by molar-refractivity contribution is 9.10. The van der Waals surface area contributed by atoms with Crippen LogP contribution in [-0.4, -0.2) is 13.2 Å². The van der Waals surface area contributed by atoms with Crippen molar-refractivity contribution in [2.75, 3.05) is 13.2 Å². The van der Waals surface area contributed by atoms with Crippen LogP contribution in [0.15, 0.2) is 57.5 Å². The van der Waals surface area contributed by atoms with E-state index in [4.69, 9.17) is 9.47 Å². The SMILES string of the molecule is Brc1ccccc1OCC#CCOc1ccccc1Br. The lowest BCUT2D eigenvalue weighted by Crippen LogP contribution is -1.97. The molecule has 4 heteroatoms. The van der Waals surface area contributed by atoms with E-state index in [1.807, 2.05) is 48.5 Å². The summed E-state index contributed by atoms with van der Waals surface area (Å²) in [5.41, 5.74) is 0. The van der Waals surface area contributed by atoms with Gasteiger partial charge in [-0.1, -0.05) is 36.1 Å². The van der Waals surface area contributed by atoms with Gasteiger partial charge in [-0.25, -0.2) is 0 Å². The summed E-state index contributed by atoms with van der Waals surface area (Å²) in [7, 11) is 0. The van der Waals surface area contributed by atoms with Crippen molar-refractivity contribution in [2.45, 2.75) is 0 Å². The minimum atomic E-state index is 0.335. The van der Waals surface area contributed by atoms with Crippen molar-refractivity contribution < 1.29 is 9.47 Å². The predicted octanol–water partition coefficient (Wildman–Crippen LogP) is 4.67. The van der Waals surface area contributed by atoms with Crippen LogP contribution in [0.3, 0.4) is 0 Å². The molecule has 0 aliphatic rings. The van der Waals surface area contributed by atoms with Crippen LogP contribution in [0.5, 0.6) is 11.5 Å². The summed E-state index contributed by atoms with van der Waals surface area (Å²) < 4.78 is 12.9. The minimum absolute atomic E-state index is 0.335. The Balaban J connectivity index is 1.76. The lowest BCUT2D eigenvalue weighted by atomic mass is 10.3. The average molecular weight is 396 g/mol. The van der Waals surface area contributed by atoms with Gasteiger partial charge < -0.3 is 9.47 Å². The van der Waals surface area contributed by atoms with Crippen molar-refractivity contribution in [1.29, 1.82) is 0 Å². The maximum Gasteiger partial charge on any atom is 0.149 e. The monoisotopic (exact) mass is 394 g/mol. The third-order valence-corrected chi connectivity index (χ3v) is 3.71. The number of para-hydroxylation sites is 2. The summed E-state index contributed by atoms with van der Waals surface area (Å²) in [4.78, 5) is 0. The molecule has 0 unspecified atom stereocenters. The van der Waals surface area contributed by atoms with Gasteiger partial charge in [0.05, 0.1) is 8.95 Å². The van der Waals surface area contributed by atoms with Crippen LogP contribution in [0.1, 0.15) is 0 Å². The predicted molar refractivity (Wildman–Crippen MR) is 87.1 cm³/mol. The van der Waals surface area contributed by atoms with Gasteiger partial charge in [0.2, 0.25) is 0 Å². The summed E-state index contributed by atoms with van der Waals surface area (Å²) in [6.45, 7) is 0.671. The third kappa shape index (κ3) is 4.59. The topological polar surface area (TPSA) is 18.5 Å². The second-order valence-corrected chi connectivity index (χ2v) is 5.50. The molecule has 20 heavy (non-hydrogen) atoms. The molecule has 2 aromatic rings. The van der Waals surface area contributed by atoms with Gasteiger partial charge in [0, 0.05) is 0 Å². The van der Waals surface area contributed by atoms with E-state index in [9.17, 15) is 0 Å². The van der Waals surface area contributed by atoms with Crippen LogP contribution in [-0.2, 0) is 0 Å². The van der Waals surface area contributed by atoms with Crippen molar-refractivity contribution in [3.63, 3.8) is 0 Å². The summed E-state index contributed by atoms with van der Waals surface area (Å²) in [5.74, 6) is 7.41. The molecule has 0 saturated heterocycles. The third-order valence-electron chi connectivity index (χ3n) is 2.40. The van der Waals surface area contributed by atoms with E-state index in [0.717, 1.165) is 20.4 Å². The molecule has 0 aliphatic heterocycles. The Morgan fingerprint density at radius 1 is 0.700 bits per heavy atom. The Hall–Kier alpha value is -1.44. The summed E-state index contributed by atoms with van der Waals surface area (Å²) in [6.07, 6.45) is 0. The van der Waals surface area contributed by atoms with Gasteiger partial charge in [-0.3, -0.25) is 0 Å². The van der Waals surface area contributed by atoms with Crippen molar-refractivity contribution >= 4 is 31.9 Å². The Bertz CT molecular complexity index is 576. The van der Waals surface area contributed by atoms with Crippen LogP contribution in [0, 0.1) is 11.8 Å². The van der Waals surface area contributed by atoms with Gasteiger partial charge >= 0.3 is 0 Å². The maximum absolute atomic E-state index is 5.53. The first-order chi connectivity index (χ1) is 9.77. The van der Waals surface area contributed by atoms with E-state index < -0.39 is 0 Å². The van der Waals surface area contributed by atoms with E-state index >= 15 is 0 Å². The second-order valence-electron chi connectivity index (χ2n) is 3.79. The van der Waals surface area contributed by atoms with Crippen molar-refractivity contribution in [3.05, 3.63) is 57.5 Å². The molecule has 0 radical (unpaired) electrons. The highest BCUT2D eigenvalue weighted by Crippen LogP contribution is 2.24. The highest BCUT2D eigenvalue weighted by Gasteiger charge is 1.97. The first kappa shape index (κ1) is 15.0. The summed E-state index contributed by atoms with van der Waals surface area (Å²) in [5, 5.41) is 0. The van der Waals surface area contributed by atoms with E-state index in [0.29, 0.717) is 13.2 Å². The van der Waals surface area contributed by atoms with Crippen LogP contribution < -0.4 is 9.47 Å². The van der Waals surface area contributed by atoms with Crippen molar-refractivity contribution in [3.8, 4) is 23.3 Å². The Kier molecular flexibility index (Phi) is 5.97. The standard InChI is InChI=1S/C16H12Br2O2/c17-13-7-1-3-9-15(13)19-11-5-6-12-20-16-10-4-2-8-14(16)18/h1-4,7-10H,11-12H2. The van der Waals surface area contributed by atoms with Crippen molar-refractivity contribution in [2.24, 2.45) is 0 Å². The van der Waals surface area contributed by atoms with Crippen LogP contribution in [0.4, 0.5) is 0 Å². The van der Waals surface area contributed by atoms with Crippen LogP contribution in [0.25, 0.3) is 0 Å². The zero-order chi connectivity index (χ0) is 14.2. The molecule has 2 rings (SSSR count). The van der Waals surface area contributed by atoms with Crippen molar-refractivity contribution in [1.82, 2.24) is 0 Å². The molecule has 102 valence electrons. The zero-order valence-corrected chi connectivity index (χ0v) is 13.8. The molecule has 2 nitrogen and oxygen atoms in total. The highest BCUT2D eigenvalue weighted by atomic mass is 79.9. The van der Waals surface area contributed by atoms with Gasteiger partial charge in [0.1, 0.15) is 24.7 Å². The van der Waals surface area contributed by atoms with Gasteiger partial charge in [0.25, 0.3) is 0 Å². The molecule has 0 N–H and O–H groups in total. The lowest BCUT2D eigenvalue weighted by Gasteiger charge is -2.04. The number of hydrogen-bond acceptors (Lipinski definition) is 2. The number of halogens is 2. The molecule has 0 aliphatic carbocycles. The fourth-order valence-electron chi connectivity index (χ4n) is 1.45. The first-order valence-electron chi connectivity index (χ1n) is 5.98. The number of hydrogen-bond donors (Lipinski definition) is 0. The molecule has 0 aromatic heterocycles. The number of benzene rings is 2. The van der Waals surface area contributed by atoms with Crippen LogP contribution in [0.2, 0.25) is 0 Å². The van der Waals surface area contributed by atoms with Gasteiger partial charge in [0.15, 0.2) is 0 Å². The largest absolute Gasteiger partial charge is 0.480 e. The quantitative estimate of drug-likeness (QED) is 0.700. The van der Waals surface area contributed by atoms with Crippen LogP contribution >= 0.6 is 31.9 Å². The maximum atomic E-state index is 5.53. The molecule has 0 bridgehead atoms. The second kappa shape index (κ2) is 7.98. The smallest absolute Gasteiger partial charge is 0.149 e. The minimum Gasteiger partial charge on any atom is -0.480 e. The fraction of sp³-hybridized carbons (Fsp3) is 0.125. The summed E-state index contributed by atoms with van der Waals surface area (Å²) >= 11 is 6.83. The number of ether oxygens (including phenoxy) is 2. The van der Waals surface area contributed by atoms with E-state index in [1.54, 1.807) is 0 Å². The molecule has 0 saturated carbocycles. The Labute approximate surface area is 135 Å². The first-order valence-corrected chi connectivity index (χ1v) is 7.56. The molecular formula is C16H12Br2O2. The molecule has 0 amide bonds. The van der Waals surface area contributed by atoms with E-state index in [2.05, 4.69) is 43.7 Å². The molecular weight excluding hydrogens is 384 g/mol. The van der Waals surface area contributed by atoms with E-state index in [-0.39, 0.29) is 0 Å². The molecule has 2 aromatic carbocycles. The van der Waals surface area contributed by atoms with Gasteiger partial charge in [-0.05, 0) is 56.1 Å². The molecule has 0 atom stereocenters. The number of rotatable bonds is 4. The fourth-order valence-corrected chi connectivity index (χ4v) is 2.25. The Morgan fingerprint density at radius 2 is 1.10 bits per heavy atom. The van der Waals surface area contributed by atoms with Gasteiger partial charge in [-0.15, -0.1) is 0 Å². The zero-order valence-electron chi connectivity index (χ0n) is 10.6.